The molecule has 0 atom stereocenters. The second-order valence-electron chi connectivity index (χ2n) is 11.1. The van der Waals surface area contributed by atoms with Crippen molar-refractivity contribution in [2.75, 3.05) is 31.1 Å². The van der Waals surface area contributed by atoms with Crippen molar-refractivity contribution in [3.05, 3.63) is 72.2 Å². The van der Waals surface area contributed by atoms with Crippen molar-refractivity contribution in [1.29, 1.82) is 0 Å². The Morgan fingerprint density at radius 1 is 1.21 bits per heavy atom. The number of halogens is 1. The third kappa shape index (κ3) is 5.35. The van der Waals surface area contributed by atoms with Crippen LogP contribution >= 0.6 is 0 Å². The lowest BCUT2D eigenvalue weighted by Crippen LogP contribution is -2.62. The fraction of sp³-hybridized carbons (Fsp3) is 0.467. The average Bonchev–Trinajstić information content (AvgIpc) is 3.38. The van der Waals surface area contributed by atoms with Crippen LogP contribution in [0.3, 0.4) is 0 Å². The number of nitrogens with zero attached hydrogens (tertiary/aromatic N) is 6. The van der Waals surface area contributed by atoms with Crippen molar-refractivity contribution >= 4 is 11.6 Å². The number of aryl methyl sites for hydroxylation is 1. The molecule has 3 aromatic rings. The number of carbonyl (C=O) groups is 1. The van der Waals surface area contributed by atoms with Gasteiger partial charge in [-0.15, -0.1) is 6.58 Å². The predicted octanol–water partition coefficient (Wildman–Crippen LogP) is 5.35. The lowest BCUT2D eigenvalue weighted by atomic mass is 9.71. The molecular formula is C30H37FN6O. The van der Waals surface area contributed by atoms with E-state index in [1.807, 2.05) is 47.2 Å². The number of carbonyl (C=O) groups excluding carboxylic acids is 1. The average molecular weight is 517 g/mol. The minimum atomic E-state index is -0.209. The van der Waals surface area contributed by atoms with E-state index in [0.29, 0.717) is 24.4 Å². The molecule has 0 N–H and O–H groups in total. The van der Waals surface area contributed by atoms with E-state index in [1.165, 1.54) is 0 Å². The number of aromatic nitrogens is 4. The van der Waals surface area contributed by atoms with Gasteiger partial charge >= 0.3 is 0 Å². The standard InChI is InChI=1S/C30H37FN6O/c1-5-6-7-28(38)36-19-30(20-36)10-12-35(13-11-30)26-9-8-23(14-25(26)31)15-27-32-16-22(4)29(34-27)24-17-33-37(18-24)21(2)3/h5,8-9,14,16-18,21H,1,6-7,10-13,15,19-20H2,2-4H3. The maximum Gasteiger partial charge on any atom is 0.222 e. The molecule has 0 saturated carbocycles. The summed E-state index contributed by atoms with van der Waals surface area (Å²) < 4.78 is 17.2. The molecule has 5 rings (SSSR count). The van der Waals surface area contributed by atoms with Crippen LogP contribution in [0.2, 0.25) is 0 Å². The minimum absolute atomic E-state index is 0.197. The molecule has 7 nitrogen and oxygen atoms in total. The number of piperidine rings is 1. The molecule has 1 amide bonds. The smallest absolute Gasteiger partial charge is 0.222 e. The van der Waals surface area contributed by atoms with Gasteiger partial charge < -0.3 is 9.80 Å². The number of amides is 1. The lowest BCUT2D eigenvalue weighted by Gasteiger charge is -2.54. The predicted molar refractivity (Wildman–Crippen MR) is 147 cm³/mol. The highest BCUT2D eigenvalue weighted by Crippen LogP contribution is 2.42. The second-order valence-corrected chi connectivity index (χ2v) is 11.1. The summed E-state index contributed by atoms with van der Waals surface area (Å²) in [6, 6.07) is 5.75. The zero-order chi connectivity index (χ0) is 26.9. The van der Waals surface area contributed by atoms with Crippen molar-refractivity contribution in [3.8, 4) is 11.3 Å². The van der Waals surface area contributed by atoms with Gasteiger partial charge in [-0.2, -0.15) is 5.10 Å². The van der Waals surface area contributed by atoms with Gasteiger partial charge in [-0.3, -0.25) is 9.48 Å². The van der Waals surface area contributed by atoms with Crippen LogP contribution in [-0.4, -0.2) is 56.7 Å². The fourth-order valence-electron chi connectivity index (χ4n) is 5.56. The Hall–Kier alpha value is -3.55. The first-order chi connectivity index (χ1) is 18.3. The minimum Gasteiger partial charge on any atom is -0.369 e. The van der Waals surface area contributed by atoms with Crippen molar-refractivity contribution in [2.24, 2.45) is 5.41 Å². The molecule has 0 radical (unpaired) electrons. The van der Waals surface area contributed by atoms with Crippen LogP contribution in [-0.2, 0) is 11.2 Å². The maximum atomic E-state index is 15.2. The van der Waals surface area contributed by atoms with Crippen LogP contribution in [0.15, 0.2) is 49.4 Å². The van der Waals surface area contributed by atoms with Gasteiger partial charge in [0.1, 0.15) is 11.6 Å². The van der Waals surface area contributed by atoms with Crippen molar-refractivity contribution in [1.82, 2.24) is 24.6 Å². The van der Waals surface area contributed by atoms with Gasteiger partial charge in [0, 0.05) is 68.4 Å². The van der Waals surface area contributed by atoms with Gasteiger partial charge in [0.15, 0.2) is 0 Å². The number of hydrogen-bond acceptors (Lipinski definition) is 5. The summed E-state index contributed by atoms with van der Waals surface area (Å²) in [6.45, 7) is 13.1. The number of benzene rings is 1. The van der Waals surface area contributed by atoms with Crippen molar-refractivity contribution in [2.45, 2.75) is 58.9 Å². The van der Waals surface area contributed by atoms with Gasteiger partial charge in [-0.05, 0) is 63.3 Å². The van der Waals surface area contributed by atoms with E-state index in [4.69, 9.17) is 4.98 Å². The number of hydrogen-bond donors (Lipinski definition) is 0. The molecule has 1 spiro atoms. The van der Waals surface area contributed by atoms with E-state index in [0.717, 1.165) is 67.8 Å². The first kappa shape index (κ1) is 26.1. The fourth-order valence-corrected chi connectivity index (χ4v) is 5.56. The normalized spacial score (nSPS) is 16.7. The number of anilines is 1. The summed E-state index contributed by atoms with van der Waals surface area (Å²) in [5.41, 5.74) is 4.49. The highest BCUT2D eigenvalue weighted by molar-refractivity contribution is 5.77. The molecule has 2 aliphatic heterocycles. The van der Waals surface area contributed by atoms with Gasteiger partial charge in [0.25, 0.3) is 0 Å². The van der Waals surface area contributed by atoms with Crippen LogP contribution in [0.1, 0.15) is 62.5 Å². The maximum absolute atomic E-state index is 15.2. The number of likely N-dealkylation sites (tertiary alicyclic amines) is 1. The monoisotopic (exact) mass is 516 g/mol. The molecule has 2 aromatic heterocycles. The largest absolute Gasteiger partial charge is 0.369 e. The molecule has 0 bridgehead atoms. The molecule has 0 unspecified atom stereocenters. The Kier molecular flexibility index (Phi) is 7.32. The first-order valence-electron chi connectivity index (χ1n) is 13.6. The molecule has 2 saturated heterocycles. The van der Waals surface area contributed by atoms with Crippen molar-refractivity contribution < 1.29 is 9.18 Å². The van der Waals surface area contributed by atoms with Crippen LogP contribution in [0.25, 0.3) is 11.3 Å². The molecule has 8 heteroatoms. The van der Waals surface area contributed by atoms with Crippen LogP contribution in [0.5, 0.6) is 0 Å². The Morgan fingerprint density at radius 3 is 2.63 bits per heavy atom. The van der Waals surface area contributed by atoms with E-state index in [9.17, 15) is 4.79 Å². The SMILES string of the molecule is C=CCCC(=O)N1CC2(CCN(c3ccc(Cc4ncc(C)c(-c5cnn(C(C)C)c5)n4)cc3F)CC2)C1. The molecular weight excluding hydrogens is 479 g/mol. The van der Waals surface area contributed by atoms with Gasteiger partial charge in [-0.25, -0.2) is 14.4 Å². The third-order valence-electron chi connectivity index (χ3n) is 7.93. The van der Waals surface area contributed by atoms with E-state index in [2.05, 4.69) is 35.4 Å². The summed E-state index contributed by atoms with van der Waals surface area (Å²) in [5, 5.41) is 4.43. The first-order valence-corrected chi connectivity index (χ1v) is 13.6. The summed E-state index contributed by atoms with van der Waals surface area (Å²) >= 11 is 0. The Labute approximate surface area is 224 Å². The molecule has 2 aliphatic rings. The topological polar surface area (TPSA) is 67.2 Å². The Bertz CT molecular complexity index is 1320. The van der Waals surface area contributed by atoms with Crippen LogP contribution < -0.4 is 4.90 Å². The summed E-state index contributed by atoms with van der Waals surface area (Å²) in [6.07, 6.45) is 11.1. The zero-order valence-electron chi connectivity index (χ0n) is 22.7. The Morgan fingerprint density at radius 2 is 1.97 bits per heavy atom. The second kappa shape index (κ2) is 10.7. The van der Waals surface area contributed by atoms with Gasteiger partial charge in [-0.1, -0.05) is 12.1 Å². The molecule has 4 heterocycles. The molecule has 0 aliphatic carbocycles. The number of allylic oxidation sites excluding steroid dienone is 1. The molecule has 38 heavy (non-hydrogen) atoms. The summed E-state index contributed by atoms with van der Waals surface area (Å²) in [4.78, 5) is 25.6. The third-order valence-corrected chi connectivity index (χ3v) is 7.93. The van der Waals surface area contributed by atoms with Gasteiger partial charge in [0.05, 0.1) is 17.6 Å². The molecule has 200 valence electrons. The lowest BCUT2D eigenvalue weighted by molar-refractivity contribution is -0.144. The Balaban J connectivity index is 1.21. The summed E-state index contributed by atoms with van der Waals surface area (Å²) in [5.74, 6) is 0.667. The van der Waals surface area contributed by atoms with E-state index in [-0.39, 0.29) is 23.2 Å². The highest BCUT2D eigenvalue weighted by Gasteiger charge is 2.46. The zero-order valence-corrected chi connectivity index (χ0v) is 22.7. The molecule has 1 aromatic carbocycles. The van der Waals surface area contributed by atoms with Crippen LogP contribution in [0, 0.1) is 18.2 Å². The van der Waals surface area contributed by atoms with Crippen LogP contribution in [0.4, 0.5) is 10.1 Å². The van der Waals surface area contributed by atoms with E-state index >= 15 is 4.39 Å². The van der Waals surface area contributed by atoms with Crippen molar-refractivity contribution in [3.63, 3.8) is 0 Å². The van der Waals surface area contributed by atoms with Gasteiger partial charge in [0.2, 0.25) is 5.91 Å². The van der Waals surface area contributed by atoms with E-state index < -0.39 is 0 Å². The quantitative estimate of drug-likeness (QED) is 0.378. The number of rotatable bonds is 8. The molecule has 2 fully saturated rings. The summed E-state index contributed by atoms with van der Waals surface area (Å²) in [7, 11) is 0. The highest BCUT2D eigenvalue weighted by atomic mass is 19.1. The van der Waals surface area contributed by atoms with E-state index in [1.54, 1.807) is 12.1 Å².